The van der Waals surface area contributed by atoms with Crippen molar-refractivity contribution in [3.05, 3.63) is 0 Å². The Hall–Kier alpha value is -1.54. The molecule has 8 nitrogen and oxygen atoms in total. The summed E-state index contributed by atoms with van der Waals surface area (Å²) in [6.45, 7) is 19.4. The van der Waals surface area contributed by atoms with Crippen LogP contribution in [0.2, 0.25) is 0 Å². The van der Waals surface area contributed by atoms with Crippen molar-refractivity contribution in [2.45, 2.75) is 79.4 Å². The molecule has 2 N–H and O–H groups in total. The molecule has 2 unspecified atom stereocenters. The summed E-state index contributed by atoms with van der Waals surface area (Å²) in [5.41, 5.74) is -1.18. The van der Waals surface area contributed by atoms with Gasteiger partial charge >= 0.3 is 12.2 Å². The van der Waals surface area contributed by atoms with Gasteiger partial charge < -0.3 is 29.7 Å². The summed E-state index contributed by atoms with van der Waals surface area (Å²) in [4.78, 5) is 26.4. The van der Waals surface area contributed by atoms with E-state index in [4.69, 9.17) is 14.2 Å². The van der Waals surface area contributed by atoms with Crippen LogP contribution in [0.4, 0.5) is 9.59 Å². The molecule has 1 fully saturated rings. The number of carbonyl (C=O) groups is 2. The highest BCUT2D eigenvalue weighted by Gasteiger charge is 2.38. The van der Waals surface area contributed by atoms with E-state index in [9.17, 15) is 9.59 Å². The van der Waals surface area contributed by atoms with Crippen LogP contribution in [0.5, 0.6) is 0 Å². The summed E-state index contributed by atoms with van der Waals surface area (Å²) < 4.78 is 16.5. The van der Waals surface area contributed by atoms with E-state index in [2.05, 4.69) is 24.5 Å². The molecule has 1 rings (SSSR count). The average Bonchev–Trinajstić information content (AvgIpc) is 2.61. The molecule has 0 bridgehead atoms. The van der Waals surface area contributed by atoms with Gasteiger partial charge in [0.25, 0.3) is 0 Å². The van der Waals surface area contributed by atoms with Crippen molar-refractivity contribution in [3.63, 3.8) is 0 Å². The third-order valence-corrected chi connectivity index (χ3v) is 5.52. The highest BCUT2D eigenvalue weighted by Crippen LogP contribution is 2.31. The van der Waals surface area contributed by atoms with Crippen LogP contribution in [0, 0.1) is 17.3 Å². The Bertz CT molecular complexity index is 593. The van der Waals surface area contributed by atoms with Crippen LogP contribution < -0.4 is 10.6 Å². The Balaban J connectivity index is 2.66. The van der Waals surface area contributed by atoms with E-state index in [1.807, 2.05) is 41.5 Å². The number of amides is 2. The number of piperidine rings is 1. The van der Waals surface area contributed by atoms with Crippen molar-refractivity contribution in [3.8, 4) is 0 Å². The van der Waals surface area contributed by atoms with Crippen molar-refractivity contribution < 1.29 is 23.8 Å². The van der Waals surface area contributed by atoms with Crippen molar-refractivity contribution in [1.82, 2.24) is 15.5 Å². The number of nitrogens with zero attached hydrogens (tertiary/aromatic N) is 1. The van der Waals surface area contributed by atoms with Crippen molar-refractivity contribution in [2.24, 2.45) is 17.3 Å². The molecule has 0 aromatic carbocycles. The first-order valence-corrected chi connectivity index (χ1v) is 11.8. The first kappa shape index (κ1) is 28.5. The van der Waals surface area contributed by atoms with Gasteiger partial charge in [0.1, 0.15) is 11.2 Å². The molecule has 0 aromatic rings. The number of carbonyl (C=O) groups excluding carboxylic acids is 2. The number of likely N-dealkylation sites (tertiary alicyclic amines) is 1. The molecule has 1 aliphatic heterocycles. The van der Waals surface area contributed by atoms with Crippen LogP contribution >= 0.6 is 0 Å². The van der Waals surface area contributed by atoms with Crippen LogP contribution in [-0.4, -0.2) is 74.7 Å². The Morgan fingerprint density at radius 3 is 2.19 bits per heavy atom. The van der Waals surface area contributed by atoms with Gasteiger partial charge in [-0.1, -0.05) is 13.8 Å². The van der Waals surface area contributed by atoms with Gasteiger partial charge in [-0.15, -0.1) is 0 Å². The fraction of sp³-hybridized carbons (Fsp3) is 0.917. The van der Waals surface area contributed by atoms with Crippen LogP contribution in [0.15, 0.2) is 0 Å². The molecule has 0 aliphatic carbocycles. The molecule has 2 atom stereocenters. The molecule has 1 aliphatic rings. The minimum Gasteiger partial charge on any atom is -0.444 e. The average molecular weight is 458 g/mol. The fourth-order valence-corrected chi connectivity index (χ4v) is 3.90. The van der Waals surface area contributed by atoms with Crippen LogP contribution in [0.1, 0.15) is 68.2 Å². The van der Waals surface area contributed by atoms with Gasteiger partial charge in [-0.2, -0.15) is 0 Å². The second kappa shape index (κ2) is 12.1. The van der Waals surface area contributed by atoms with E-state index in [1.165, 1.54) is 0 Å². The Kier molecular flexibility index (Phi) is 10.7. The molecular weight excluding hydrogens is 410 g/mol. The van der Waals surface area contributed by atoms with Crippen molar-refractivity contribution in [1.29, 1.82) is 0 Å². The maximum absolute atomic E-state index is 12.6. The second-order valence-corrected chi connectivity index (χ2v) is 11.5. The minimum atomic E-state index is -0.512. The van der Waals surface area contributed by atoms with E-state index < -0.39 is 11.2 Å². The quantitative estimate of drug-likeness (QED) is 0.543. The van der Waals surface area contributed by atoms with Crippen LogP contribution in [0.25, 0.3) is 0 Å². The van der Waals surface area contributed by atoms with Gasteiger partial charge in [0.2, 0.25) is 0 Å². The molecule has 32 heavy (non-hydrogen) atoms. The van der Waals surface area contributed by atoms with Gasteiger partial charge in [-0.05, 0) is 72.8 Å². The molecule has 0 spiro atoms. The predicted molar refractivity (Wildman–Crippen MR) is 127 cm³/mol. The van der Waals surface area contributed by atoms with E-state index in [-0.39, 0.29) is 23.5 Å². The SMILES string of the molecule is COCC1(CNCC(CNC(=O)OC(C)(C)C)C(C)C)CCCN(C(=O)OC(C)(C)C)C1. The van der Waals surface area contributed by atoms with E-state index in [1.54, 1.807) is 12.0 Å². The number of hydrogen-bond acceptors (Lipinski definition) is 6. The highest BCUT2D eigenvalue weighted by atomic mass is 16.6. The minimum absolute atomic E-state index is 0.163. The molecule has 2 amide bonds. The van der Waals surface area contributed by atoms with Crippen molar-refractivity contribution >= 4 is 12.2 Å². The predicted octanol–water partition coefficient (Wildman–Crippen LogP) is 4.04. The maximum atomic E-state index is 12.6. The number of ether oxygens (including phenoxy) is 3. The standard InChI is InChI=1S/C24H47N3O5/c1-18(2)19(14-26-20(28)31-22(3,4)5)13-25-15-24(17-30-9)11-10-12-27(16-24)21(29)32-23(6,7)8/h18-19,25H,10-17H2,1-9H3,(H,26,28). The third kappa shape index (κ3) is 10.9. The Morgan fingerprint density at radius 2 is 1.66 bits per heavy atom. The molecule has 0 aromatic heterocycles. The molecule has 0 saturated carbocycles. The number of rotatable bonds is 9. The second-order valence-electron chi connectivity index (χ2n) is 11.5. The van der Waals surface area contributed by atoms with Crippen molar-refractivity contribution in [2.75, 3.05) is 46.4 Å². The number of methoxy groups -OCH3 is 1. The largest absolute Gasteiger partial charge is 0.444 e. The zero-order chi connectivity index (χ0) is 24.6. The summed E-state index contributed by atoms with van der Waals surface area (Å²) in [5, 5.41) is 6.48. The van der Waals surface area contributed by atoms with Gasteiger partial charge in [0.05, 0.1) is 6.61 Å². The summed E-state index contributed by atoms with van der Waals surface area (Å²) in [6.07, 6.45) is 1.24. The van der Waals surface area contributed by atoms with E-state index >= 15 is 0 Å². The summed E-state index contributed by atoms with van der Waals surface area (Å²) in [5.74, 6) is 0.646. The highest BCUT2D eigenvalue weighted by molar-refractivity contribution is 5.68. The summed E-state index contributed by atoms with van der Waals surface area (Å²) in [7, 11) is 1.70. The van der Waals surface area contributed by atoms with Gasteiger partial charge in [-0.25, -0.2) is 9.59 Å². The van der Waals surface area contributed by atoms with Gasteiger partial charge in [-0.3, -0.25) is 0 Å². The summed E-state index contributed by atoms with van der Waals surface area (Å²) in [6, 6.07) is 0. The lowest BCUT2D eigenvalue weighted by Gasteiger charge is -2.43. The first-order valence-electron chi connectivity index (χ1n) is 11.8. The number of hydrogen-bond donors (Lipinski definition) is 2. The monoisotopic (exact) mass is 457 g/mol. The summed E-state index contributed by atoms with van der Waals surface area (Å²) >= 11 is 0. The molecular formula is C24H47N3O5. The smallest absolute Gasteiger partial charge is 0.410 e. The van der Waals surface area contributed by atoms with E-state index in [0.717, 1.165) is 25.9 Å². The van der Waals surface area contributed by atoms with Gasteiger partial charge in [0.15, 0.2) is 0 Å². The normalized spacial score (nSPS) is 20.8. The van der Waals surface area contributed by atoms with E-state index in [0.29, 0.717) is 32.2 Å². The molecule has 1 saturated heterocycles. The Morgan fingerprint density at radius 1 is 1.03 bits per heavy atom. The first-order chi connectivity index (χ1) is 14.7. The molecule has 1 heterocycles. The lowest BCUT2D eigenvalue weighted by atomic mass is 9.80. The third-order valence-electron chi connectivity index (χ3n) is 5.52. The van der Waals surface area contributed by atoms with Crippen LogP contribution in [0.3, 0.4) is 0 Å². The lowest BCUT2D eigenvalue weighted by Crippen LogP contribution is -2.54. The zero-order valence-corrected chi connectivity index (χ0v) is 21.8. The van der Waals surface area contributed by atoms with Crippen LogP contribution in [-0.2, 0) is 14.2 Å². The molecule has 188 valence electrons. The Labute approximate surface area is 195 Å². The topological polar surface area (TPSA) is 89.1 Å². The molecule has 0 radical (unpaired) electrons. The van der Waals surface area contributed by atoms with Gasteiger partial charge in [0, 0.05) is 38.7 Å². The maximum Gasteiger partial charge on any atom is 0.410 e. The lowest BCUT2D eigenvalue weighted by molar-refractivity contribution is -0.0157. The number of nitrogens with one attached hydrogen (secondary N) is 2. The fourth-order valence-electron chi connectivity index (χ4n) is 3.90. The molecule has 8 heteroatoms. The number of alkyl carbamates (subject to hydrolysis) is 1. The zero-order valence-electron chi connectivity index (χ0n) is 21.8.